The Kier molecular flexibility index (Phi) is 5.36. The molecule has 0 aromatic heterocycles. The van der Waals surface area contributed by atoms with Crippen LogP contribution in [-0.2, 0) is 14.3 Å². The van der Waals surface area contributed by atoms with E-state index in [2.05, 4.69) is 0 Å². The Morgan fingerprint density at radius 1 is 1.14 bits per heavy atom. The molecule has 2 aliphatic heterocycles. The molecule has 0 radical (unpaired) electrons. The van der Waals surface area contributed by atoms with Gasteiger partial charge in [0, 0.05) is 18.7 Å². The molecular weight excluding hydrogens is 370 g/mol. The molecule has 2 atom stereocenters. The van der Waals surface area contributed by atoms with Crippen LogP contribution in [0.2, 0.25) is 0 Å². The highest BCUT2D eigenvalue weighted by Crippen LogP contribution is 2.40. The second-order valence-electron chi connectivity index (χ2n) is 7.23. The first kappa shape index (κ1) is 19.2. The first-order chi connectivity index (χ1) is 14.1. The summed E-state index contributed by atoms with van der Waals surface area (Å²) in [4.78, 5) is 27.3. The van der Waals surface area contributed by atoms with Crippen molar-refractivity contribution in [2.75, 3.05) is 20.3 Å². The van der Waals surface area contributed by atoms with Crippen molar-refractivity contribution in [3.63, 3.8) is 0 Å². The molecule has 2 heterocycles. The number of hydrogen-bond donors (Lipinski definition) is 1. The zero-order chi connectivity index (χ0) is 20.4. The molecule has 4 rings (SSSR count). The topological polar surface area (TPSA) is 76.1 Å². The van der Waals surface area contributed by atoms with Gasteiger partial charge in [-0.3, -0.25) is 9.59 Å². The number of nitrogens with zero attached hydrogens (tertiary/aromatic N) is 1. The van der Waals surface area contributed by atoms with Crippen LogP contribution in [0.1, 0.15) is 30.0 Å². The van der Waals surface area contributed by atoms with Crippen molar-refractivity contribution in [3.05, 3.63) is 71.3 Å². The van der Waals surface area contributed by atoms with E-state index in [1.807, 2.05) is 30.3 Å². The van der Waals surface area contributed by atoms with Crippen LogP contribution in [0.15, 0.2) is 60.2 Å². The molecule has 29 heavy (non-hydrogen) atoms. The summed E-state index contributed by atoms with van der Waals surface area (Å²) in [6.07, 6.45) is 1.69. The molecule has 150 valence electrons. The molecule has 2 fully saturated rings. The molecule has 0 aliphatic carbocycles. The van der Waals surface area contributed by atoms with E-state index in [4.69, 9.17) is 9.47 Å². The van der Waals surface area contributed by atoms with E-state index >= 15 is 0 Å². The fraction of sp³-hybridized carbons (Fsp3) is 0.304. The number of amides is 1. The highest BCUT2D eigenvalue weighted by atomic mass is 16.5. The monoisotopic (exact) mass is 393 g/mol. The van der Waals surface area contributed by atoms with Gasteiger partial charge in [-0.2, -0.15) is 0 Å². The fourth-order valence-corrected chi connectivity index (χ4v) is 3.96. The number of ketones is 1. The summed E-state index contributed by atoms with van der Waals surface area (Å²) in [6.45, 7) is 0.986. The number of benzene rings is 2. The lowest BCUT2D eigenvalue weighted by Gasteiger charge is -2.27. The number of carbonyl (C=O) groups excluding carboxylic acids is 2. The van der Waals surface area contributed by atoms with Gasteiger partial charge in [0.05, 0.1) is 24.8 Å². The lowest BCUT2D eigenvalue weighted by atomic mass is 9.95. The van der Waals surface area contributed by atoms with Gasteiger partial charge in [0.15, 0.2) is 0 Å². The minimum absolute atomic E-state index is 0.0968. The number of Topliss-reactive ketones (excluding diaryl/α,β-unsaturated/α-hetero) is 1. The predicted molar refractivity (Wildman–Crippen MR) is 107 cm³/mol. The van der Waals surface area contributed by atoms with Crippen LogP contribution in [-0.4, -0.2) is 48.1 Å². The molecule has 0 spiro atoms. The Balaban J connectivity index is 1.79. The average Bonchev–Trinajstić information content (AvgIpc) is 3.36. The summed E-state index contributed by atoms with van der Waals surface area (Å²) in [5, 5.41) is 11.0. The molecule has 0 bridgehead atoms. The van der Waals surface area contributed by atoms with Crippen LogP contribution in [0.25, 0.3) is 5.76 Å². The largest absolute Gasteiger partial charge is 0.507 e. The van der Waals surface area contributed by atoms with Gasteiger partial charge in [-0.25, -0.2) is 0 Å². The number of methoxy groups -OCH3 is 1. The first-order valence-electron chi connectivity index (χ1n) is 9.69. The zero-order valence-electron chi connectivity index (χ0n) is 16.2. The van der Waals surface area contributed by atoms with Gasteiger partial charge in [-0.1, -0.05) is 30.3 Å². The second kappa shape index (κ2) is 8.09. The lowest BCUT2D eigenvalue weighted by Crippen LogP contribution is -2.36. The van der Waals surface area contributed by atoms with Crippen molar-refractivity contribution in [3.8, 4) is 5.75 Å². The van der Waals surface area contributed by atoms with E-state index in [1.165, 1.54) is 4.90 Å². The van der Waals surface area contributed by atoms with Gasteiger partial charge in [-0.05, 0) is 42.7 Å². The Bertz CT molecular complexity index is 930. The van der Waals surface area contributed by atoms with Crippen molar-refractivity contribution in [2.45, 2.75) is 25.0 Å². The molecule has 1 amide bonds. The number of aliphatic hydroxyl groups excluding tert-OH is 1. The summed E-state index contributed by atoms with van der Waals surface area (Å²) in [5.41, 5.74) is 1.34. The molecule has 2 aliphatic rings. The van der Waals surface area contributed by atoms with Crippen molar-refractivity contribution < 1.29 is 24.2 Å². The SMILES string of the molecule is COc1ccc(C(O)=C2C(=O)C(=O)N(C[C@@H]3CCCO3)[C@H]2c2ccccc2)cc1. The van der Waals surface area contributed by atoms with Gasteiger partial charge >= 0.3 is 0 Å². The number of rotatable bonds is 5. The third-order valence-corrected chi connectivity index (χ3v) is 5.44. The van der Waals surface area contributed by atoms with Crippen LogP contribution in [0.5, 0.6) is 5.75 Å². The van der Waals surface area contributed by atoms with Crippen molar-refractivity contribution >= 4 is 17.4 Å². The summed E-state index contributed by atoms with van der Waals surface area (Å²) in [5.74, 6) is -0.829. The Labute approximate surface area is 169 Å². The number of aliphatic hydroxyl groups is 1. The number of likely N-dealkylation sites (tertiary alicyclic amines) is 1. The molecule has 2 saturated heterocycles. The van der Waals surface area contributed by atoms with E-state index in [1.54, 1.807) is 31.4 Å². The van der Waals surface area contributed by atoms with Crippen molar-refractivity contribution in [2.24, 2.45) is 0 Å². The third kappa shape index (κ3) is 3.63. The van der Waals surface area contributed by atoms with E-state index in [0.717, 1.165) is 18.4 Å². The lowest BCUT2D eigenvalue weighted by molar-refractivity contribution is -0.140. The maximum atomic E-state index is 12.9. The zero-order valence-corrected chi connectivity index (χ0v) is 16.2. The maximum absolute atomic E-state index is 12.9. The smallest absolute Gasteiger partial charge is 0.295 e. The highest BCUT2D eigenvalue weighted by molar-refractivity contribution is 6.46. The Morgan fingerprint density at radius 2 is 1.86 bits per heavy atom. The third-order valence-electron chi connectivity index (χ3n) is 5.44. The van der Waals surface area contributed by atoms with Gasteiger partial charge in [0.1, 0.15) is 11.5 Å². The molecule has 1 N–H and O–H groups in total. The van der Waals surface area contributed by atoms with Crippen LogP contribution in [0, 0.1) is 0 Å². The molecule has 0 saturated carbocycles. The summed E-state index contributed by atoms with van der Waals surface area (Å²) in [7, 11) is 1.56. The van der Waals surface area contributed by atoms with E-state index in [9.17, 15) is 14.7 Å². The number of carbonyl (C=O) groups is 2. The maximum Gasteiger partial charge on any atom is 0.295 e. The molecular formula is C23H23NO5. The van der Waals surface area contributed by atoms with Crippen molar-refractivity contribution in [1.82, 2.24) is 4.90 Å². The van der Waals surface area contributed by atoms with Gasteiger partial charge in [0.25, 0.3) is 11.7 Å². The number of ether oxygens (including phenoxy) is 2. The molecule has 6 nitrogen and oxygen atoms in total. The molecule has 2 aromatic rings. The van der Waals surface area contributed by atoms with Gasteiger partial charge < -0.3 is 19.5 Å². The normalized spacial score (nSPS) is 23.6. The predicted octanol–water partition coefficient (Wildman–Crippen LogP) is 3.30. The van der Waals surface area contributed by atoms with Crippen LogP contribution < -0.4 is 4.74 Å². The molecule has 6 heteroatoms. The minimum Gasteiger partial charge on any atom is -0.507 e. The van der Waals surface area contributed by atoms with Crippen LogP contribution in [0.4, 0.5) is 0 Å². The van der Waals surface area contributed by atoms with Crippen LogP contribution in [0.3, 0.4) is 0 Å². The summed E-state index contributed by atoms with van der Waals surface area (Å²) in [6, 6.07) is 15.4. The highest BCUT2D eigenvalue weighted by Gasteiger charge is 2.46. The van der Waals surface area contributed by atoms with E-state index < -0.39 is 17.7 Å². The van der Waals surface area contributed by atoms with E-state index in [-0.39, 0.29) is 17.4 Å². The Hall–Kier alpha value is -3.12. The molecule has 2 aromatic carbocycles. The second-order valence-corrected chi connectivity index (χ2v) is 7.23. The number of hydrogen-bond acceptors (Lipinski definition) is 5. The summed E-state index contributed by atoms with van der Waals surface area (Å²) < 4.78 is 10.8. The van der Waals surface area contributed by atoms with Crippen molar-refractivity contribution in [1.29, 1.82) is 0 Å². The quantitative estimate of drug-likeness (QED) is 0.479. The standard InChI is InChI=1S/C23H23NO5/c1-28-17-11-9-16(10-12-17)21(25)19-20(15-6-3-2-4-7-15)24(23(27)22(19)26)14-18-8-5-13-29-18/h2-4,6-7,9-12,18,20,25H,5,8,13-14H2,1H3/t18-,20-/m0/s1. The fourth-order valence-electron chi connectivity index (χ4n) is 3.96. The minimum atomic E-state index is -0.676. The first-order valence-corrected chi connectivity index (χ1v) is 9.69. The van der Waals surface area contributed by atoms with Gasteiger partial charge in [-0.15, -0.1) is 0 Å². The van der Waals surface area contributed by atoms with Crippen LogP contribution >= 0.6 is 0 Å². The van der Waals surface area contributed by atoms with Gasteiger partial charge in [0.2, 0.25) is 0 Å². The molecule has 0 unspecified atom stereocenters. The van der Waals surface area contributed by atoms with E-state index in [0.29, 0.717) is 24.5 Å². The summed E-state index contributed by atoms with van der Waals surface area (Å²) >= 11 is 0. The average molecular weight is 393 g/mol. The Morgan fingerprint density at radius 3 is 2.48 bits per heavy atom.